The molecule has 160 valence electrons. The molecule has 0 fully saturated rings. The Hall–Kier alpha value is -2.74. The van der Waals surface area contributed by atoms with Crippen LogP contribution in [0.25, 0.3) is 0 Å². The molecule has 0 heterocycles. The van der Waals surface area contributed by atoms with Gasteiger partial charge in [-0.1, -0.05) is 41.4 Å². The summed E-state index contributed by atoms with van der Waals surface area (Å²) in [6.07, 6.45) is 1.45. The highest BCUT2D eigenvalue weighted by Crippen LogP contribution is 2.37. The molecule has 0 saturated carbocycles. The van der Waals surface area contributed by atoms with Crippen LogP contribution in [0.5, 0.6) is 17.2 Å². The molecular formula is C22H17BrCl2N2O4. The van der Waals surface area contributed by atoms with E-state index >= 15 is 0 Å². The van der Waals surface area contributed by atoms with Gasteiger partial charge in [-0.15, -0.1) is 0 Å². The second-order valence-electron chi connectivity index (χ2n) is 6.29. The maximum Gasteiger partial charge on any atom is 0.275 e. The number of ether oxygens (including phenoxy) is 2. The summed E-state index contributed by atoms with van der Waals surface area (Å²) in [6, 6.07) is 14.9. The van der Waals surface area contributed by atoms with E-state index in [1.807, 2.05) is 6.07 Å². The summed E-state index contributed by atoms with van der Waals surface area (Å²) in [4.78, 5) is 12.1. The van der Waals surface area contributed by atoms with E-state index in [-0.39, 0.29) is 17.9 Å². The fourth-order valence-corrected chi connectivity index (χ4v) is 3.53. The van der Waals surface area contributed by atoms with E-state index in [0.29, 0.717) is 31.6 Å². The molecule has 2 N–H and O–H groups in total. The highest BCUT2D eigenvalue weighted by atomic mass is 79.9. The number of aromatic hydroxyl groups is 1. The van der Waals surface area contributed by atoms with Gasteiger partial charge in [0.15, 0.2) is 11.5 Å². The Morgan fingerprint density at radius 2 is 1.94 bits per heavy atom. The molecule has 1 amide bonds. The number of hydrogen-bond acceptors (Lipinski definition) is 5. The molecule has 3 aromatic rings. The summed E-state index contributed by atoms with van der Waals surface area (Å²) in [5, 5.41) is 14.6. The number of phenolic OH excluding ortho intramolecular Hbond substituents is 1. The van der Waals surface area contributed by atoms with Gasteiger partial charge in [0, 0.05) is 0 Å². The standard InChI is InChI=1S/C22H17BrCl2N2O4/c1-30-20-10-14(11-26-27-22(29)15-4-2-3-5-19(15)28)8-16(23)21(20)31-12-13-6-7-17(24)18(25)9-13/h2-11,28H,12H2,1H3,(H,27,29)/b26-11-. The van der Waals surface area contributed by atoms with Gasteiger partial charge >= 0.3 is 0 Å². The van der Waals surface area contributed by atoms with E-state index in [2.05, 4.69) is 26.5 Å². The third-order valence-corrected chi connectivity index (χ3v) is 5.48. The monoisotopic (exact) mass is 522 g/mol. The molecule has 0 aliphatic rings. The Labute approximate surface area is 197 Å². The molecule has 0 bridgehead atoms. The third kappa shape index (κ3) is 5.91. The molecule has 0 spiro atoms. The lowest BCUT2D eigenvalue weighted by atomic mass is 10.2. The zero-order chi connectivity index (χ0) is 22.4. The summed E-state index contributed by atoms with van der Waals surface area (Å²) in [5.74, 6) is 0.330. The van der Waals surface area contributed by atoms with Crippen LogP contribution in [0.4, 0.5) is 0 Å². The van der Waals surface area contributed by atoms with Crippen molar-refractivity contribution in [3.63, 3.8) is 0 Å². The Morgan fingerprint density at radius 3 is 2.65 bits per heavy atom. The number of phenols is 1. The number of para-hydroxylation sites is 1. The quantitative estimate of drug-likeness (QED) is 0.302. The summed E-state index contributed by atoms with van der Waals surface area (Å²) in [6.45, 7) is 0.260. The van der Waals surface area contributed by atoms with E-state index < -0.39 is 5.91 Å². The van der Waals surface area contributed by atoms with Crippen molar-refractivity contribution in [2.45, 2.75) is 6.61 Å². The number of benzene rings is 3. The first-order valence-corrected chi connectivity index (χ1v) is 10.5. The second kappa shape index (κ2) is 10.5. The van der Waals surface area contributed by atoms with E-state index in [0.717, 1.165) is 5.56 Å². The average Bonchev–Trinajstić information content (AvgIpc) is 2.75. The Balaban J connectivity index is 1.71. The normalized spacial score (nSPS) is 10.8. The van der Waals surface area contributed by atoms with Crippen LogP contribution in [0.2, 0.25) is 10.0 Å². The van der Waals surface area contributed by atoms with Crippen molar-refractivity contribution in [3.8, 4) is 17.2 Å². The lowest BCUT2D eigenvalue weighted by Crippen LogP contribution is -2.17. The van der Waals surface area contributed by atoms with E-state index in [1.165, 1.54) is 25.5 Å². The number of nitrogens with one attached hydrogen (secondary N) is 1. The summed E-state index contributed by atoms with van der Waals surface area (Å²) in [7, 11) is 1.52. The number of hydrogen-bond donors (Lipinski definition) is 2. The molecule has 0 saturated heterocycles. The predicted molar refractivity (Wildman–Crippen MR) is 125 cm³/mol. The fourth-order valence-electron chi connectivity index (χ4n) is 2.63. The SMILES string of the molecule is COc1cc(/C=N\NC(=O)c2ccccc2O)cc(Br)c1OCc1ccc(Cl)c(Cl)c1. The third-order valence-electron chi connectivity index (χ3n) is 4.15. The number of carbonyl (C=O) groups is 1. The number of amides is 1. The first-order chi connectivity index (χ1) is 14.9. The zero-order valence-corrected chi connectivity index (χ0v) is 19.3. The molecule has 0 radical (unpaired) electrons. The fraction of sp³-hybridized carbons (Fsp3) is 0.0909. The van der Waals surface area contributed by atoms with E-state index in [9.17, 15) is 9.90 Å². The minimum absolute atomic E-state index is 0.122. The zero-order valence-electron chi connectivity index (χ0n) is 16.2. The number of rotatable bonds is 7. The number of methoxy groups -OCH3 is 1. The van der Waals surface area contributed by atoms with Crippen molar-refractivity contribution >= 4 is 51.3 Å². The van der Waals surface area contributed by atoms with E-state index in [4.69, 9.17) is 32.7 Å². The van der Waals surface area contributed by atoms with Crippen molar-refractivity contribution in [3.05, 3.63) is 85.8 Å². The maximum absolute atomic E-state index is 12.1. The van der Waals surface area contributed by atoms with E-state index in [1.54, 1.807) is 36.4 Å². The lowest BCUT2D eigenvalue weighted by Gasteiger charge is -2.14. The highest BCUT2D eigenvalue weighted by molar-refractivity contribution is 9.10. The van der Waals surface area contributed by atoms with Gasteiger partial charge in [-0.05, 0) is 63.5 Å². The van der Waals surface area contributed by atoms with Gasteiger partial charge < -0.3 is 14.6 Å². The van der Waals surface area contributed by atoms with Crippen LogP contribution in [0.15, 0.2) is 64.2 Å². The summed E-state index contributed by atoms with van der Waals surface area (Å²) < 4.78 is 12.0. The van der Waals surface area contributed by atoms with Gasteiger partial charge in [-0.2, -0.15) is 5.10 Å². The van der Waals surface area contributed by atoms with Gasteiger partial charge in [0.1, 0.15) is 12.4 Å². The molecule has 31 heavy (non-hydrogen) atoms. The molecule has 9 heteroatoms. The van der Waals surface area contributed by atoms with Crippen LogP contribution in [-0.4, -0.2) is 24.3 Å². The summed E-state index contributed by atoms with van der Waals surface area (Å²) in [5.41, 5.74) is 4.01. The smallest absolute Gasteiger partial charge is 0.275 e. The van der Waals surface area contributed by atoms with Crippen molar-refractivity contribution in [2.75, 3.05) is 7.11 Å². The van der Waals surface area contributed by atoms with Crippen LogP contribution in [0.1, 0.15) is 21.5 Å². The van der Waals surface area contributed by atoms with Gasteiger partial charge in [-0.25, -0.2) is 5.43 Å². The van der Waals surface area contributed by atoms with Crippen molar-refractivity contribution in [2.24, 2.45) is 5.10 Å². The first kappa shape index (κ1) is 22.9. The first-order valence-electron chi connectivity index (χ1n) is 8.94. The Bertz CT molecular complexity index is 1140. The van der Waals surface area contributed by atoms with Gasteiger partial charge in [-0.3, -0.25) is 4.79 Å². The van der Waals surface area contributed by atoms with Crippen LogP contribution in [0, 0.1) is 0 Å². The minimum atomic E-state index is -0.526. The minimum Gasteiger partial charge on any atom is -0.507 e. The van der Waals surface area contributed by atoms with Crippen LogP contribution in [-0.2, 0) is 6.61 Å². The molecule has 3 rings (SSSR count). The van der Waals surface area contributed by atoms with Crippen LogP contribution in [0.3, 0.4) is 0 Å². The van der Waals surface area contributed by atoms with Crippen molar-refractivity contribution in [1.29, 1.82) is 0 Å². The number of halogens is 3. The topological polar surface area (TPSA) is 80.2 Å². The molecular weight excluding hydrogens is 507 g/mol. The van der Waals surface area contributed by atoms with Crippen molar-refractivity contribution < 1.29 is 19.4 Å². The molecule has 6 nitrogen and oxygen atoms in total. The molecule has 0 unspecified atom stereocenters. The second-order valence-corrected chi connectivity index (χ2v) is 7.96. The highest BCUT2D eigenvalue weighted by Gasteiger charge is 2.13. The molecule has 0 aliphatic carbocycles. The largest absolute Gasteiger partial charge is 0.507 e. The van der Waals surface area contributed by atoms with Gasteiger partial charge in [0.2, 0.25) is 0 Å². The molecule has 0 aliphatic heterocycles. The Morgan fingerprint density at radius 1 is 1.16 bits per heavy atom. The molecule has 3 aromatic carbocycles. The molecule has 0 atom stereocenters. The van der Waals surface area contributed by atoms with Crippen LogP contribution < -0.4 is 14.9 Å². The number of nitrogens with zero attached hydrogens (tertiary/aromatic N) is 1. The maximum atomic E-state index is 12.1. The number of carbonyl (C=O) groups excluding carboxylic acids is 1. The Kier molecular flexibility index (Phi) is 7.79. The lowest BCUT2D eigenvalue weighted by molar-refractivity contribution is 0.0952. The van der Waals surface area contributed by atoms with Gasteiger partial charge in [0.05, 0.1) is 33.4 Å². The van der Waals surface area contributed by atoms with Gasteiger partial charge in [0.25, 0.3) is 5.91 Å². The van der Waals surface area contributed by atoms with Crippen molar-refractivity contribution in [1.82, 2.24) is 5.43 Å². The summed E-state index contributed by atoms with van der Waals surface area (Å²) >= 11 is 15.5. The molecule has 0 aromatic heterocycles. The predicted octanol–water partition coefficient (Wildman–Crippen LogP) is 5.81. The number of hydrazone groups is 1. The van der Waals surface area contributed by atoms with Crippen LogP contribution >= 0.6 is 39.1 Å². The average molecular weight is 524 g/mol.